The standard InChI is InChI=1S/C16H18Cl2N2O3.ClH/c17-6-9-20(10-7-18)8-5-15(21)19-13-2-3-14-12(11-13)1-4-16(22)23-14;/h1-4,11H,5-10H2,(H,19,21);1H. The van der Waals surface area contributed by atoms with Gasteiger partial charge in [-0.15, -0.1) is 35.6 Å². The Morgan fingerprint density at radius 1 is 1.08 bits per heavy atom. The van der Waals surface area contributed by atoms with E-state index in [1.807, 2.05) is 0 Å². The molecule has 8 heteroatoms. The van der Waals surface area contributed by atoms with E-state index >= 15 is 0 Å². The summed E-state index contributed by atoms with van der Waals surface area (Å²) in [5, 5.41) is 3.59. The number of hydrogen-bond donors (Lipinski definition) is 1. The average molecular weight is 394 g/mol. The fourth-order valence-corrected chi connectivity index (χ4v) is 2.69. The monoisotopic (exact) mass is 392 g/mol. The largest absolute Gasteiger partial charge is 0.423 e. The number of anilines is 1. The number of nitrogens with zero attached hydrogens (tertiary/aromatic N) is 1. The summed E-state index contributed by atoms with van der Waals surface area (Å²) < 4.78 is 5.05. The van der Waals surface area contributed by atoms with Crippen LogP contribution >= 0.6 is 35.6 Å². The number of hydrogen-bond acceptors (Lipinski definition) is 4. The van der Waals surface area contributed by atoms with Gasteiger partial charge in [0.05, 0.1) is 0 Å². The minimum absolute atomic E-state index is 0. The molecule has 0 fully saturated rings. The second kappa shape index (κ2) is 10.6. The molecular weight excluding hydrogens is 375 g/mol. The highest BCUT2D eigenvalue weighted by Crippen LogP contribution is 2.17. The SMILES string of the molecule is Cl.O=C(CCN(CCCl)CCCl)Nc1ccc2oc(=O)ccc2c1. The van der Waals surface area contributed by atoms with Crippen molar-refractivity contribution in [1.82, 2.24) is 4.90 Å². The number of benzene rings is 1. The molecule has 1 amide bonds. The normalized spacial score (nSPS) is 10.6. The van der Waals surface area contributed by atoms with Crippen LogP contribution in [0.3, 0.4) is 0 Å². The van der Waals surface area contributed by atoms with Crippen molar-refractivity contribution >= 4 is 58.2 Å². The van der Waals surface area contributed by atoms with Crippen molar-refractivity contribution in [2.45, 2.75) is 6.42 Å². The van der Waals surface area contributed by atoms with Gasteiger partial charge in [0.15, 0.2) is 0 Å². The molecule has 0 unspecified atom stereocenters. The molecule has 1 N–H and O–H groups in total. The van der Waals surface area contributed by atoms with Crippen LogP contribution in [0.25, 0.3) is 11.0 Å². The lowest BCUT2D eigenvalue weighted by Crippen LogP contribution is -2.31. The Balaban J connectivity index is 0.00000288. The molecule has 1 aromatic carbocycles. The van der Waals surface area contributed by atoms with Crippen LogP contribution in [0.2, 0.25) is 0 Å². The van der Waals surface area contributed by atoms with Crippen molar-refractivity contribution < 1.29 is 9.21 Å². The number of rotatable bonds is 8. The van der Waals surface area contributed by atoms with Crippen LogP contribution in [-0.4, -0.2) is 42.2 Å². The highest BCUT2D eigenvalue weighted by molar-refractivity contribution is 6.18. The molecule has 24 heavy (non-hydrogen) atoms. The van der Waals surface area contributed by atoms with E-state index in [-0.39, 0.29) is 18.3 Å². The summed E-state index contributed by atoms with van der Waals surface area (Å²) >= 11 is 11.5. The summed E-state index contributed by atoms with van der Waals surface area (Å²) in [4.78, 5) is 25.2. The third-order valence-electron chi connectivity index (χ3n) is 3.36. The Morgan fingerprint density at radius 2 is 1.79 bits per heavy atom. The molecule has 5 nitrogen and oxygen atoms in total. The molecule has 1 aromatic heterocycles. The topological polar surface area (TPSA) is 62.6 Å². The number of nitrogens with one attached hydrogen (secondary N) is 1. The van der Waals surface area contributed by atoms with Crippen molar-refractivity contribution in [1.29, 1.82) is 0 Å². The number of carbonyl (C=O) groups excluding carboxylic acids is 1. The van der Waals surface area contributed by atoms with Crippen LogP contribution in [0.5, 0.6) is 0 Å². The number of alkyl halides is 2. The molecule has 2 rings (SSSR count). The number of amides is 1. The van der Waals surface area contributed by atoms with E-state index in [0.717, 1.165) is 5.39 Å². The van der Waals surface area contributed by atoms with Gasteiger partial charge in [0.25, 0.3) is 0 Å². The molecule has 0 aliphatic carbocycles. The van der Waals surface area contributed by atoms with E-state index in [1.165, 1.54) is 6.07 Å². The molecule has 0 saturated heterocycles. The van der Waals surface area contributed by atoms with Crippen molar-refractivity contribution in [3.8, 4) is 0 Å². The van der Waals surface area contributed by atoms with Gasteiger partial charge >= 0.3 is 5.63 Å². The molecule has 0 saturated carbocycles. The molecule has 0 spiro atoms. The quantitative estimate of drug-likeness (QED) is 0.552. The lowest BCUT2D eigenvalue weighted by Gasteiger charge is -2.19. The van der Waals surface area contributed by atoms with E-state index in [2.05, 4.69) is 10.2 Å². The van der Waals surface area contributed by atoms with Crippen molar-refractivity contribution in [3.05, 3.63) is 40.8 Å². The Bertz CT molecular complexity index is 715. The summed E-state index contributed by atoms with van der Waals surface area (Å²) in [6, 6.07) is 8.16. The summed E-state index contributed by atoms with van der Waals surface area (Å²) in [6.45, 7) is 2.01. The van der Waals surface area contributed by atoms with Crippen molar-refractivity contribution in [2.24, 2.45) is 0 Å². The molecule has 132 valence electrons. The van der Waals surface area contributed by atoms with Gasteiger partial charge in [-0.2, -0.15) is 0 Å². The maximum atomic E-state index is 12.0. The molecule has 0 bridgehead atoms. The second-order valence-corrected chi connectivity index (χ2v) is 5.78. The first-order valence-electron chi connectivity index (χ1n) is 7.30. The lowest BCUT2D eigenvalue weighted by molar-refractivity contribution is -0.116. The summed E-state index contributed by atoms with van der Waals surface area (Å²) in [5.41, 5.74) is 0.761. The fourth-order valence-electron chi connectivity index (χ4n) is 2.21. The summed E-state index contributed by atoms with van der Waals surface area (Å²) in [6.07, 6.45) is 0.357. The number of carbonyl (C=O) groups is 1. The van der Waals surface area contributed by atoms with Crippen LogP contribution in [-0.2, 0) is 4.79 Å². The smallest absolute Gasteiger partial charge is 0.336 e. The first-order valence-corrected chi connectivity index (χ1v) is 8.37. The molecule has 2 aromatic rings. The average Bonchev–Trinajstić information content (AvgIpc) is 2.53. The number of halogens is 3. The Labute approximate surface area is 156 Å². The molecule has 0 radical (unpaired) electrons. The third kappa shape index (κ3) is 6.32. The van der Waals surface area contributed by atoms with Gasteiger partial charge in [-0.25, -0.2) is 4.79 Å². The fraction of sp³-hybridized carbons (Fsp3) is 0.375. The Morgan fingerprint density at radius 3 is 2.46 bits per heavy atom. The summed E-state index contributed by atoms with van der Waals surface area (Å²) in [7, 11) is 0. The van der Waals surface area contributed by atoms with Crippen LogP contribution in [0.15, 0.2) is 39.5 Å². The number of fused-ring (bicyclic) bond motifs is 1. The van der Waals surface area contributed by atoms with E-state index in [0.29, 0.717) is 49.1 Å². The van der Waals surface area contributed by atoms with Crippen molar-refractivity contribution in [3.63, 3.8) is 0 Å². The van der Waals surface area contributed by atoms with Gasteiger partial charge in [-0.1, -0.05) is 0 Å². The highest BCUT2D eigenvalue weighted by atomic mass is 35.5. The van der Waals surface area contributed by atoms with Gasteiger partial charge in [-0.05, 0) is 24.3 Å². The van der Waals surface area contributed by atoms with Gasteiger partial charge in [0.2, 0.25) is 5.91 Å². The molecule has 0 aliphatic heterocycles. The Hall–Kier alpha value is -1.27. The highest BCUT2D eigenvalue weighted by Gasteiger charge is 2.08. The van der Waals surface area contributed by atoms with Crippen molar-refractivity contribution in [2.75, 3.05) is 36.7 Å². The zero-order valence-electron chi connectivity index (χ0n) is 13.0. The molecule has 1 heterocycles. The lowest BCUT2D eigenvalue weighted by atomic mass is 10.2. The van der Waals surface area contributed by atoms with Gasteiger partial charge < -0.3 is 14.6 Å². The van der Waals surface area contributed by atoms with E-state index in [9.17, 15) is 9.59 Å². The summed E-state index contributed by atoms with van der Waals surface area (Å²) in [5.74, 6) is 0.929. The zero-order chi connectivity index (χ0) is 16.7. The molecule has 0 atom stereocenters. The maximum Gasteiger partial charge on any atom is 0.336 e. The molecular formula is C16H19Cl3N2O3. The van der Waals surface area contributed by atoms with Crippen LogP contribution < -0.4 is 10.9 Å². The predicted molar refractivity (Wildman–Crippen MR) is 101 cm³/mol. The zero-order valence-corrected chi connectivity index (χ0v) is 15.3. The van der Waals surface area contributed by atoms with Gasteiger partial charge in [0.1, 0.15) is 5.58 Å². The van der Waals surface area contributed by atoms with Gasteiger partial charge in [-0.3, -0.25) is 4.79 Å². The predicted octanol–water partition coefficient (Wildman–Crippen LogP) is 3.32. The second-order valence-electron chi connectivity index (χ2n) is 5.02. The van der Waals surface area contributed by atoms with Crippen LogP contribution in [0.1, 0.15) is 6.42 Å². The van der Waals surface area contributed by atoms with E-state index in [1.54, 1.807) is 24.3 Å². The molecule has 0 aliphatic rings. The van der Waals surface area contributed by atoms with Gasteiger partial charge in [0, 0.05) is 55.0 Å². The minimum Gasteiger partial charge on any atom is -0.423 e. The van der Waals surface area contributed by atoms with E-state index in [4.69, 9.17) is 27.6 Å². The Kier molecular flexibility index (Phi) is 9.14. The van der Waals surface area contributed by atoms with Crippen LogP contribution in [0.4, 0.5) is 5.69 Å². The first-order chi connectivity index (χ1) is 11.1. The third-order valence-corrected chi connectivity index (χ3v) is 3.70. The van der Waals surface area contributed by atoms with E-state index < -0.39 is 5.63 Å². The van der Waals surface area contributed by atoms with Crippen LogP contribution in [0, 0.1) is 0 Å². The first kappa shape index (κ1) is 20.8. The maximum absolute atomic E-state index is 12.0. The minimum atomic E-state index is -0.395.